The highest BCUT2D eigenvalue weighted by atomic mass is 79.9. The number of carbonyl (C=O) groups is 1. The minimum absolute atomic E-state index is 0.332. The highest BCUT2D eigenvalue weighted by Gasteiger charge is 2.18. The van der Waals surface area contributed by atoms with E-state index in [2.05, 4.69) is 32.5 Å². The largest absolute Gasteiger partial charge is 0.465 e. The van der Waals surface area contributed by atoms with Crippen molar-refractivity contribution in [3.8, 4) is 11.8 Å². The first-order chi connectivity index (χ1) is 7.70. The third-order valence-corrected chi connectivity index (χ3v) is 3.07. The van der Waals surface area contributed by atoms with Crippen LogP contribution in [-0.2, 0) is 4.74 Å². The molecule has 2 nitrogen and oxygen atoms in total. The first-order valence-electron chi connectivity index (χ1n) is 5.10. The topological polar surface area (TPSA) is 26.3 Å². The maximum atomic E-state index is 11.3. The van der Waals surface area contributed by atoms with E-state index in [0.717, 1.165) is 10.0 Å². The van der Waals surface area contributed by atoms with E-state index in [1.54, 1.807) is 12.1 Å². The maximum absolute atomic E-state index is 11.3. The summed E-state index contributed by atoms with van der Waals surface area (Å²) in [5.41, 5.74) is 1.38. The van der Waals surface area contributed by atoms with E-state index in [1.165, 1.54) is 20.0 Å². The summed E-state index contributed by atoms with van der Waals surface area (Å²) in [5.74, 6) is 6.47. The van der Waals surface area contributed by atoms with Crippen LogP contribution >= 0.6 is 15.9 Å². The van der Waals surface area contributed by atoms with E-state index in [1.807, 2.05) is 6.07 Å². The molecule has 0 amide bonds. The zero-order chi connectivity index (χ0) is 11.5. The second-order valence-electron chi connectivity index (χ2n) is 3.73. The van der Waals surface area contributed by atoms with E-state index in [0.29, 0.717) is 11.5 Å². The first-order valence-corrected chi connectivity index (χ1v) is 5.89. The summed E-state index contributed by atoms with van der Waals surface area (Å²) in [5, 5.41) is 0. The molecule has 0 atom stereocenters. The van der Waals surface area contributed by atoms with Crippen molar-refractivity contribution in [1.82, 2.24) is 0 Å². The molecule has 2 rings (SSSR count). The highest BCUT2D eigenvalue weighted by molar-refractivity contribution is 9.10. The average Bonchev–Trinajstić information content (AvgIpc) is 3.11. The minimum atomic E-state index is -0.332. The summed E-state index contributed by atoms with van der Waals surface area (Å²) in [6.45, 7) is 0. The van der Waals surface area contributed by atoms with Gasteiger partial charge in [0.05, 0.1) is 12.7 Å². The van der Waals surface area contributed by atoms with Gasteiger partial charge in [-0.05, 0) is 47.0 Å². The molecule has 3 heteroatoms. The van der Waals surface area contributed by atoms with Crippen molar-refractivity contribution < 1.29 is 9.53 Å². The molecule has 1 fully saturated rings. The molecule has 0 aromatic heterocycles. The van der Waals surface area contributed by atoms with Gasteiger partial charge in [-0.15, -0.1) is 0 Å². The van der Waals surface area contributed by atoms with Gasteiger partial charge in [-0.2, -0.15) is 0 Å². The lowest BCUT2D eigenvalue weighted by molar-refractivity contribution is 0.0600. The molecule has 1 saturated carbocycles. The smallest absolute Gasteiger partial charge is 0.337 e. The van der Waals surface area contributed by atoms with E-state index in [-0.39, 0.29) is 5.97 Å². The van der Waals surface area contributed by atoms with Crippen LogP contribution < -0.4 is 0 Å². The quantitative estimate of drug-likeness (QED) is 0.583. The van der Waals surface area contributed by atoms with Crippen LogP contribution in [0.5, 0.6) is 0 Å². The molecule has 0 unspecified atom stereocenters. The highest BCUT2D eigenvalue weighted by Crippen LogP contribution is 2.28. The molecular formula is C13H11BrO2. The van der Waals surface area contributed by atoms with Gasteiger partial charge < -0.3 is 4.74 Å². The predicted octanol–water partition coefficient (Wildman–Crippen LogP) is 3.00. The summed E-state index contributed by atoms with van der Waals surface area (Å²) in [6.07, 6.45) is 2.39. The second kappa shape index (κ2) is 4.71. The molecule has 82 valence electrons. The molecule has 1 aliphatic carbocycles. The van der Waals surface area contributed by atoms with Crippen LogP contribution in [0.1, 0.15) is 28.8 Å². The van der Waals surface area contributed by atoms with Gasteiger partial charge in [-0.25, -0.2) is 4.79 Å². The Bertz CT molecular complexity index is 478. The number of esters is 1. The number of halogens is 1. The Hall–Kier alpha value is -1.27. The van der Waals surface area contributed by atoms with E-state index >= 15 is 0 Å². The molecule has 0 N–H and O–H groups in total. The molecule has 0 heterocycles. The fourth-order valence-corrected chi connectivity index (χ4v) is 1.62. The molecule has 1 aliphatic rings. The SMILES string of the molecule is COC(=O)c1ccc(Br)c(C#CC2CC2)c1. The fraction of sp³-hybridized carbons (Fsp3) is 0.308. The average molecular weight is 279 g/mol. The number of hydrogen-bond donors (Lipinski definition) is 0. The van der Waals surface area contributed by atoms with Crippen LogP contribution in [-0.4, -0.2) is 13.1 Å². The van der Waals surface area contributed by atoms with Crippen molar-refractivity contribution in [2.45, 2.75) is 12.8 Å². The fourth-order valence-electron chi connectivity index (χ4n) is 1.27. The van der Waals surface area contributed by atoms with Gasteiger partial charge in [0.25, 0.3) is 0 Å². The lowest BCUT2D eigenvalue weighted by Gasteiger charge is -2.01. The predicted molar refractivity (Wildman–Crippen MR) is 65.1 cm³/mol. The van der Waals surface area contributed by atoms with Crippen LogP contribution in [0.25, 0.3) is 0 Å². The summed E-state index contributed by atoms with van der Waals surface area (Å²) in [7, 11) is 1.37. The van der Waals surface area contributed by atoms with Crippen LogP contribution in [0, 0.1) is 17.8 Å². The summed E-state index contributed by atoms with van der Waals surface area (Å²) in [4.78, 5) is 11.3. The van der Waals surface area contributed by atoms with Crippen LogP contribution in [0.2, 0.25) is 0 Å². The molecular weight excluding hydrogens is 268 g/mol. The van der Waals surface area contributed by atoms with Gasteiger partial charge in [0.1, 0.15) is 0 Å². The van der Waals surface area contributed by atoms with E-state index < -0.39 is 0 Å². The molecule has 1 aromatic carbocycles. The van der Waals surface area contributed by atoms with Crippen LogP contribution in [0.3, 0.4) is 0 Å². The number of ether oxygens (including phenoxy) is 1. The van der Waals surface area contributed by atoms with Gasteiger partial charge in [-0.3, -0.25) is 0 Å². The van der Waals surface area contributed by atoms with Crippen molar-refractivity contribution in [2.75, 3.05) is 7.11 Å². The van der Waals surface area contributed by atoms with Gasteiger partial charge in [-0.1, -0.05) is 11.8 Å². The molecule has 0 radical (unpaired) electrons. The Morgan fingerprint density at radius 1 is 1.50 bits per heavy atom. The Morgan fingerprint density at radius 2 is 2.25 bits per heavy atom. The standard InChI is InChI=1S/C13H11BrO2/c1-16-13(15)11-6-7-12(14)10(8-11)5-4-9-2-3-9/h6-9H,2-3H2,1H3. The maximum Gasteiger partial charge on any atom is 0.337 e. The number of rotatable bonds is 1. The van der Waals surface area contributed by atoms with Crippen molar-refractivity contribution in [3.05, 3.63) is 33.8 Å². The molecule has 1 aromatic rings. The number of hydrogen-bond acceptors (Lipinski definition) is 2. The number of methoxy groups -OCH3 is 1. The van der Waals surface area contributed by atoms with E-state index in [4.69, 9.17) is 0 Å². The monoisotopic (exact) mass is 278 g/mol. The Labute approximate surface area is 103 Å². The third-order valence-electron chi connectivity index (χ3n) is 2.38. The third kappa shape index (κ3) is 2.65. The summed E-state index contributed by atoms with van der Waals surface area (Å²) in [6, 6.07) is 5.30. The zero-order valence-corrected chi connectivity index (χ0v) is 10.5. The minimum Gasteiger partial charge on any atom is -0.465 e. The Balaban J connectivity index is 2.29. The molecule has 0 saturated heterocycles. The van der Waals surface area contributed by atoms with E-state index in [9.17, 15) is 4.79 Å². The van der Waals surface area contributed by atoms with Crippen molar-refractivity contribution >= 4 is 21.9 Å². The lowest BCUT2D eigenvalue weighted by atomic mass is 10.1. The van der Waals surface area contributed by atoms with Gasteiger partial charge in [0.15, 0.2) is 0 Å². The second-order valence-corrected chi connectivity index (χ2v) is 4.58. The molecule has 0 spiro atoms. The summed E-state index contributed by atoms with van der Waals surface area (Å²) < 4.78 is 5.58. The normalized spacial score (nSPS) is 13.9. The van der Waals surface area contributed by atoms with Crippen molar-refractivity contribution in [1.29, 1.82) is 0 Å². The summed E-state index contributed by atoms with van der Waals surface area (Å²) >= 11 is 3.42. The lowest BCUT2D eigenvalue weighted by Crippen LogP contribution is -2.01. The zero-order valence-electron chi connectivity index (χ0n) is 8.92. The first kappa shape index (κ1) is 11.2. The van der Waals surface area contributed by atoms with Crippen LogP contribution in [0.4, 0.5) is 0 Å². The Morgan fingerprint density at radius 3 is 2.88 bits per heavy atom. The Kier molecular flexibility index (Phi) is 3.31. The number of carbonyl (C=O) groups excluding carboxylic acids is 1. The molecule has 0 aliphatic heterocycles. The van der Waals surface area contributed by atoms with Gasteiger partial charge >= 0.3 is 5.97 Å². The van der Waals surface area contributed by atoms with Gasteiger partial charge in [0.2, 0.25) is 0 Å². The van der Waals surface area contributed by atoms with Crippen molar-refractivity contribution in [2.24, 2.45) is 5.92 Å². The van der Waals surface area contributed by atoms with Crippen molar-refractivity contribution in [3.63, 3.8) is 0 Å². The number of benzene rings is 1. The molecule has 0 bridgehead atoms. The molecule has 16 heavy (non-hydrogen) atoms. The van der Waals surface area contributed by atoms with Crippen LogP contribution in [0.15, 0.2) is 22.7 Å². The van der Waals surface area contributed by atoms with Gasteiger partial charge in [0, 0.05) is 16.0 Å².